The van der Waals surface area contributed by atoms with E-state index in [0.717, 1.165) is 83.7 Å². The Morgan fingerprint density at radius 1 is 0.662 bits per heavy atom. The first-order valence-corrected chi connectivity index (χ1v) is 28.9. The molecule has 2 N–H and O–H groups in total. The van der Waals surface area contributed by atoms with E-state index in [9.17, 15) is 19.2 Å². The van der Waals surface area contributed by atoms with E-state index >= 15 is 0 Å². The summed E-state index contributed by atoms with van der Waals surface area (Å²) >= 11 is 16.8. The molecule has 0 bridgehead atoms. The van der Waals surface area contributed by atoms with Gasteiger partial charge in [-0.3, -0.25) is 19.2 Å². The van der Waals surface area contributed by atoms with Gasteiger partial charge < -0.3 is 48.2 Å². The Balaban J connectivity index is 0.000000182. The molecule has 2 aromatic carbocycles. The lowest BCUT2D eigenvalue weighted by atomic mass is 9.81. The molecule has 3 aliphatic heterocycles. The maximum atomic E-state index is 13.8. The number of benzene rings is 2. The zero-order valence-electron chi connectivity index (χ0n) is 44.7. The van der Waals surface area contributed by atoms with Gasteiger partial charge in [0, 0.05) is 88.2 Å². The van der Waals surface area contributed by atoms with E-state index in [1.807, 2.05) is 72.3 Å². The summed E-state index contributed by atoms with van der Waals surface area (Å²) in [6.07, 6.45) is 14.6. The molecular formula is C56H70Cl2N6O8S2. The lowest BCUT2D eigenvalue weighted by molar-refractivity contribution is -0.123. The van der Waals surface area contributed by atoms with Gasteiger partial charge in [0.2, 0.25) is 0 Å². The van der Waals surface area contributed by atoms with Gasteiger partial charge in [0.05, 0.1) is 45.2 Å². The van der Waals surface area contributed by atoms with E-state index in [0.29, 0.717) is 91.1 Å². The molecule has 2 aliphatic carbocycles. The Bertz CT molecular complexity index is 3210. The number of aryl methyl sites for hydroxylation is 3. The van der Waals surface area contributed by atoms with Gasteiger partial charge in [-0.05, 0) is 150 Å². The fourth-order valence-corrected chi connectivity index (χ4v) is 14.0. The Morgan fingerprint density at radius 3 is 1.61 bits per heavy atom. The van der Waals surface area contributed by atoms with Crippen molar-refractivity contribution in [1.82, 2.24) is 29.2 Å². The molecule has 0 radical (unpaired) electrons. The number of H-pyrrole nitrogens is 2. The van der Waals surface area contributed by atoms with Crippen LogP contribution in [0.15, 0.2) is 48.6 Å². The van der Waals surface area contributed by atoms with Crippen LogP contribution in [0.3, 0.4) is 0 Å². The second kappa shape index (κ2) is 21.1. The molecule has 74 heavy (non-hydrogen) atoms. The summed E-state index contributed by atoms with van der Waals surface area (Å²) in [4.78, 5) is 66.7. The summed E-state index contributed by atoms with van der Waals surface area (Å²) in [6.45, 7) is 12.4. The molecule has 6 heterocycles. The molecule has 14 nitrogen and oxygen atoms in total. The van der Waals surface area contributed by atoms with E-state index in [-0.39, 0.29) is 47.5 Å². The second-order valence-corrected chi connectivity index (χ2v) is 24.0. The number of aromatic nitrogens is 3. The van der Waals surface area contributed by atoms with Gasteiger partial charge >= 0.3 is 0 Å². The van der Waals surface area contributed by atoms with Crippen LogP contribution in [0.1, 0.15) is 115 Å². The number of nitrogens with zero attached hydrogens (tertiary/aromatic N) is 4. The summed E-state index contributed by atoms with van der Waals surface area (Å²) < 4.78 is 27.5. The Kier molecular flexibility index (Phi) is 15.5. The largest absolute Gasteiger partial charge is 0.448 e. The highest BCUT2D eigenvalue weighted by molar-refractivity contribution is 7.98. The summed E-state index contributed by atoms with van der Waals surface area (Å²) in [5.41, 5.74) is 5.08. The average Bonchev–Trinajstić information content (AvgIpc) is 3.94. The normalized spacial score (nSPS) is 24.2. The van der Waals surface area contributed by atoms with Crippen LogP contribution in [-0.2, 0) is 19.5 Å². The van der Waals surface area contributed by atoms with E-state index in [4.69, 9.17) is 42.1 Å². The number of pyridine rings is 3. The van der Waals surface area contributed by atoms with Crippen LogP contribution < -0.4 is 35.6 Å². The molecule has 10 rings (SSSR count). The molecule has 2 unspecified atom stereocenters. The van der Waals surface area contributed by atoms with Gasteiger partial charge in [-0.2, -0.15) is 0 Å². The SMILES string of the molecule is CSc1cc(C)[nH]c(=O)c1CN1CCc2c(Cl)c3c(c(C)c2C1=O)OC(C)(C1CCC(N(C)C)CC1)O3.CSc1cc(C)[nH]c(=O)c1Cn1ccc2c(Cl)c3c(c(C)c2c1=O)OC(C)(C1CCC(N(C)C)CC1)O3. The fourth-order valence-electron chi connectivity index (χ4n) is 12.0. The van der Waals surface area contributed by atoms with Crippen LogP contribution in [0.4, 0.5) is 0 Å². The highest BCUT2D eigenvalue weighted by atomic mass is 35.5. The monoisotopic (exact) mass is 1090 g/mol. The molecule has 5 aliphatic rings. The van der Waals surface area contributed by atoms with Gasteiger partial charge in [0.15, 0.2) is 23.0 Å². The predicted octanol–water partition coefficient (Wildman–Crippen LogP) is 10.5. The predicted molar refractivity (Wildman–Crippen MR) is 297 cm³/mol. The highest BCUT2D eigenvalue weighted by Crippen LogP contribution is 2.55. The number of aromatic amines is 2. The summed E-state index contributed by atoms with van der Waals surface area (Å²) in [5.74, 6) is 0.918. The van der Waals surface area contributed by atoms with E-state index in [2.05, 4.69) is 48.0 Å². The minimum atomic E-state index is -0.827. The van der Waals surface area contributed by atoms with Gasteiger partial charge in [-0.25, -0.2) is 0 Å². The maximum absolute atomic E-state index is 13.8. The summed E-state index contributed by atoms with van der Waals surface area (Å²) in [7, 11) is 8.53. The Hall–Kier alpha value is -4.58. The topological polar surface area (TPSA) is 151 Å². The molecule has 1 amide bonds. The van der Waals surface area contributed by atoms with Crippen molar-refractivity contribution in [1.29, 1.82) is 0 Å². The molecule has 2 atom stereocenters. The number of halogens is 2. The standard InChI is InChI=1S/C28H36ClN3O4S.C28H34ClN3O4S/c2*1-15-13-21(37-6)20(26(33)30-15)14-32-12-11-19-22(27(32)34)16(2)24-25(23(19)29)36-28(3,35-24)17-7-9-18(10-8-17)31(4)5/h13,17-18H,7-12,14H2,1-6H3,(H,30,33);11-13,17-18H,7-10,14H2,1-6H3,(H,30,33). The molecule has 5 aromatic rings. The fraction of sp³-hybridized carbons (Fsp3) is 0.536. The molecule has 0 spiro atoms. The third-order valence-corrected chi connectivity index (χ3v) is 18.9. The van der Waals surface area contributed by atoms with Crippen LogP contribution in [0.2, 0.25) is 10.0 Å². The number of carbonyl (C=O) groups is 1. The number of amides is 1. The number of nitrogens with one attached hydrogen (secondary N) is 2. The second-order valence-electron chi connectivity index (χ2n) is 21.6. The number of hydrogen-bond donors (Lipinski definition) is 2. The first-order valence-electron chi connectivity index (χ1n) is 25.7. The third-order valence-electron chi connectivity index (χ3n) is 16.5. The molecule has 0 saturated heterocycles. The average molecular weight is 1090 g/mol. The lowest BCUT2D eigenvalue weighted by Gasteiger charge is -2.39. The minimum Gasteiger partial charge on any atom is -0.448 e. The number of fused-ring (bicyclic) bond motifs is 4. The highest BCUT2D eigenvalue weighted by Gasteiger charge is 2.50. The Labute approximate surface area is 452 Å². The van der Waals surface area contributed by atoms with Crippen molar-refractivity contribution in [2.45, 2.75) is 146 Å². The lowest BCUT2D eigenvalue weighted by Crippen LogP contribution is -2.46. The van der Waals surface area contributed by atoms with Crippen molar-refractivity contribution in [3.63, 3.8) is 0 Å². The molecule has 18 heteroatoms. The summed E-state index contributed by atoms with van der Waals surface area (Å²) in [5, 5.41) is 1.99. The van der Waals surface area contributed by atoms with Crippen LogP contribution >= 0.6 is 46.7 Å². The Morgan fingerprint density at radius 2 is 1.12 bits per heavy atom. The molecule has 3 aromatic heterocycles. The molecule has 2 saturated carbocycles. The van der Waals surface area contributed by atoms with Crippen molar-refractivity contribution < 1.29 is 23.7 Å². The number of rotatable bonds is 10. The molecule has 398 valence electrons. The van der Waals surface area contributed by atoms with E-state index < -0.39 is 11.6 Å². The van der Waals surface area contributed by atoms with Crippen molar-refractivity contribution in [3.05, 3.63) is 110 Å². The van der Waals surface area contributed by atoms with Crippen molar-refractivity contribution >= 4 is 63.4 Å². The van der Waals surface area contributed by atoms with Crippen LogP contribution in [0.25, 0.3) is 10.8 Å². The smallest absolute Gasteiger partial charge is 0.259 e. The van der Waals surface area contributed by atoms with Crippen LogP contribution in [0, 0.1) is 39.5 Å². The number of carbonyl (C=O) groups excluding carboxylic acids is 1. The van der Waals surface area contributed by atoms with Gasteiger partial charge in [0.25, 0.3) is 34.2 Å². The minimum absolute atomic E-state index is 0.126. The maximum Gasteiger partial charge on any atom is 0.259 e. The number of hydrogen-bond acceptors (Lipinski definition) is 12. The van der Waals surface area contributed by atoms with E-state index in [1.165, 1.54) is 23.5 Å². The molecule has 2 fully saturated rings. The van der Waals surface area contributed by atoms with Crippen molar-refractivity contribution in [3.8, 4) is 23.0 Å². The van der Waals surface area contributed by atoms with Gasteiger partial charge in [0.1, 0.15) is 0 Å². The van der Waals surface area contributed by atoms with Crippen LogP contribution in [0.5, 0.6) is 23.0 Å². The first-order chi connectivity index (χ1) is 35.1. The van der Waals surface area contributed by atoms with E-state index in [1.54, 1.807) is 15.7 Å². The van der Waals surface area contributed by atoms with Gasteiger partial charge in [-0.1, -0.05) is 23.2 Å². The van der Waals surface area contributed by atoms with Crippen molar-refractivity contribution in [2.24, 2.45) is 11.8 Å². The number of ether oxygens (including phenoxy) is 4. The first kappa shape index (κ1) is 54.2. The molecular weight excluding hydrogens is 1020 g/mol. The number of thioether (sulfide) groups is 2. The van der Waals surface area contributed by atoms with Crippen molar-refractivity contribution in [2.75, 3.05) is 47.2 Å². The zero-order chi connectivity index (χ0) is 53.3. The van der Waals surface area contributed by atoms with Gasteiger partial charge in [-0.15, -0.1) is 23.5 Å². The van der Waals surface area contributed by atoms with Crippen LogP contribution in [-0.4, -0.2) is 106 Å². The summed E-state index contributed by atoms with van der Waals surface area (Å²) in [6, 6.07) is 6.87. The quantitative estimate of drug-likeness (QED) is 0.128. The zero-order valence-corrected chi connectivity index (χ0v) is 47.9. The third kappa shape index (κ3) is 9.89.